The Bertz CT molecular complexity index is 569. The van der Waals surface area contributed by atoms with Crippen LogP contribution in [0.3, 0.4) is 0 Å². The quantitative estimate of drug-likeness (QED) is 0.757. The lowest BCUT2D eigenvalue weighted by Gasteiger charge is -2.14. The van der Waals surface area contributed by atoms with Crippen molar-refractivity contribution in [3.8, 4) is 5.75 Å². The van der Waals surface area contributed by atoms with Gasteiger partial charge in [-0.1, -0.05) is 36.4 Å². The van der Waals surface area contributed by atoms with Crippen LogP contribution in [0.1, 0.15) is 13.3 Å². The predicted octanol–water partition coefficient (Wildman–Crippen LogP) is 2.77. The van der Waals surface area contributed by atoms with E-state index in [1.165, 1.54) is 6.92 Å². The summed E-state index contributed by atoms with van der Waals surface area (Å²) in [6.07, 6.45) is 0.0592. The van der Waals surface area contributed by atoms with Crippen LogP contribution in [0.4, 0.5) is 0 Å². The van der Waals surface area contributed by atoms with Gasteiger partial charge in [0.15, 0.2) is 12.4 Å². The summed E-state index contributed by atoms with van der Waals surface area (Å²) in [5.41, 5.74) is 0. The number of ketones is 1. The molecule has 3 nitrogen and oxygen atoms in total. The third-order valence-electron chi connectivity index (χ3n) is 2.67. The van der Waals surface area contributed by atoms with Gasteiger partial charge in [-0.2, -0.15) is 0 Å². The van der Waals surface area contributed by atoms with Gasteiger partial charge < -0.3 is 4.74 Å². The molecule has 1 atom stereocenters. The summed E-state index contributed by atoms with van der Waals surface area (Å²) in [5.74, 6) is 0.568. The molecule has 0 aromatic heterocycles. The number of carbonyl (C=O) groups excluding carboxylic acids is 2. The molecule has 0 unspecified atom stereocenters. The van der Waals surface area contributed by atoms with Crippen molar-refractivity contribution in [2.45, 2.75) is 19.4 Å². The minimum atomic E-state index is -0.715. The highest BCUT2D eigenvalue weighted by Gasteiger charge is 2.13. The van der Waals surface area contributed by atoms with Crippen molar-refractivity contribution in [2.24, 2.45) is 0 Å². The fourth-order valence-corrected chi connectivity index (χ4v) is 1.86. The van der Waals surface area contributed by atoms with Gasteiger partial charge in [-0.15, -0.1) is 0 Å². The smallest absolute Gasteiger partial charge is 0.160 e. The number of ether oxygens (including phenoxy) is 1. The number of aldehydes is 1. The molecule has 18 heavy (non-hydrogen) atoms. The van der Waals surface area contributed by atoms with Crippen LogP contribution in [0, 0.1) is 0 Å². The lowest BCUT2D eigenvalue weighted by atomic mass is 10.1. The van der Waals surface area contributed by atoms with Crippen molar-refractivity contribution >= 4 is 22.8 Å². The second-order valence-electron chi connectivity index (χ2n) is 4.18. The second kappa shape index (κ2) is 5.45. The molecule has 0 radical (unpaired) electrons. The Hall–Kier alpha value is -2.16. The Balaban J connectivity index is 2.30. The molecule has 92 valence electrons. The highest BCUT2D eigenvalue weighted by atomic mass is 16.5. The molecule has 0 bridgehead atoms. The summed E-state index contributed by atoms with van der Waals surface area (Å²) in [6.45, 7) is 1.45. The van der Waals surface area contributed by atoms with Crippen molar-refractivity contribution in [2.75, 3.05) is 0 Å². The van der Waals surface area contributed by atoms with Crippen molar-refractivity contribution in [1.29, 1.82) is 0 Å². The Kier molecular flexibility index (Phi) is 3.72. The molecule has 3 heteroatoms. The van der Waals surface area contributed by atoms with E-state index in [0.29, 0.717) is 12.0 Å². The van der Waals surface area contributed by atoms with Crippen molar-refractivity contribution < 1.29 is 14.3 Å². The maximum absolute atomic E-state index is 11.0. The fraction of sp³-hybridized carbons (Fsp3) is 0.200. The Labute approximate surface area is 105 Å². The van der Waals surface area contributed by atoms with Gasteiger partial charge in [-0.25, -0.2) is 0 Å². The third kappa shape index (κ3) is 2.74. The highest BCUT2D eigenvalue weighted by Crippen LogP contribution is 2.26. The van der Waals surface area contributed by atoms with E-state index >= 15 is 0 Å². The maximum atomic E-state index is 11.0. The zero-order valence-corrected chi connectivity index (χ0v) is 10.1. The average Bonchev–Trinajstić information content (AvgIpc) is 2.38. The molecule has 0 saturated heterocycles. The largest absolute Gasteiger partial charge is 0.482 e. The Morgan fingerprint density at radius 3 is 2.67 bits per heavy atom. The molecule has 2 aromatic carbocycles. The number of rotatable bonds is 5. The van der Waals surface area contributed by atoms with Crippen LogP contribution in [-0.4, -0.2) is 18.2 Å². The molecule has 2 aromatic rings. The van der Waals surface area contributed by atoms with E-state index in [0.717, 1.165) is 10.8 Å². The second-order valence-corrected chi connectivity index (χ2v) is 4.18. The summed E-state index contributed by atoms with van der Waals surface area (Å²) in [4.78, 5) is 21.9. The lowest BCUT2D eigenvalue weighted by molar-refractivity contribution is -0.123. The first kappa shape index (κ1) is 12.3. The Morgan fingerprint density at radius 1 is 1.22 bits per heavy atom. The van der Waals surface area contributed by atoms with Crippen LogP contribution >= 0.6 is 0 Å². The monoisotopic (exact) mass is 242 g/mol. The van der Waals surface area contributed by atoms with Gasteiger partial charge in [0.1, 0.15) is 11.5 Å². The van der Waals surface area contributed by atoms with E-state index < -0.39 is 6.10 Å². The third-order valence-corrected chi connectivity index (χ3v) is 2.67. The average molecular weight is 242 g/mol. The minimum absolute atomic E-state index is 0.0627. The van der Waals surface area contributed by atoms with E-state index in [4.69, 9.17) is 4.74 Å². The highest BCUT2D eigenvalue weighted by molar-refractivity contribution is 5.88. The number of Topliss-reactive ketones (excluding diaryl/α,β-unsaturated/α-hetero) is 1. The van der Waals surface area contributed by atoms with E-state index in [1.807, 2.05) is 36.4 Å². The molecule has 0 heterocycles. The van der Waals surface area contributed by atoms with Crippen LogP contribution in [0.15, 0.2) is 42.5 Å². The van der Waals surface area contributed by atoms with E-state index in [1.54, 1.807) is 6.07 Å². The van der Waals surface area contributed by atoms with Crippen molar-refractivity contribution in [1.82, 2.24) is 0 Å². The van der Waals surface area contributed by atoms with Crippen molar-refractivity contribution in [3.05, 3.63) is 42.5 Å². The first-order valence-electron chi connectivity index (χ1n) is 5.80. The summed E-state index contributed by atoms with van der Waals surface area (Å²) >= 11 is 0. The SMILES string of the molecule is CC(=O)C[C@H](C=O)Oc1cccc2ccccc12. The van der Waals surface area contributed by atoms with Crippen molar-refractivity contribution in [3.63, 3.8) is 0 Å². The molecule has 0 saturated carbocycles. The number of benzene rings is 2. The topological polar surface area (TPSA) is 43.4 Å². The number of hydrogen-bond donors (Lipinski definition) is 0. The van der Waals surface area contributed by atoms with Gasteiger partial charge in [0, 0.05) is 11.8 Å². The Morgan fingerprint density at radius 2 is 1.94 bits per heavy atom. The van der Waals surface area contributed by atoms with Gasteiger partial charge in [-0.3, -0.25) is 9.59 Å². The van der Waals surface area contributed by atoms with Crippen LogP contribution < -0.4 is 4.74 Å². The maximum Gasteiger partial charge on any atom is 0.160 e. The molecule has 0 aliphatic rings. The summed E-state index contributed by atoms with van der Waals surface area (Å²) < 4.78 is 5.60. The van der Waals surface area contributed by atoms with Crippen LogP contribution in [0.2, 0.25) is 0 Å². The summed E-state index contributed by atoms with van der Waals surface area (Å²) in [5, 5.41) is 1.98. The fourth-order valence-electron chi connectivity index (χ4n) is 1.86. The van der Waals surface area contributed by atoms with Crippen LogP contribution in [0.5, 0.6) is 5.75 Å². The standard InChI is InChI=1S/C15H14O3/c1-11(17)9-13(10-16)18-15-8-4-6-12-5-2-3-7-14(12)15/h2-8,10,13H,9H2,1H3/t13-/m1/s1. The van der Waals surface area contributed by atoms with E-state index in [9.17, 15) is 9.59 Å². The molecular weight excluding hydrogens is 228 g/mol. The minimum Gasteiger partial charge on any atom is -0.482 e. The van der Waals surface area contributed by atoms with Crippen LogP contribution in [-0.2, 0) is 9.59 Å². The zero-order chi connectivity index (χ0) is 13.0. The number of fused-ring (bicyclic) bond motifs is 1. The van der Waals surface area contributed by atoms with Gasteiger partial charge in [0.2, 0.25) is 0 Å². The van der Waals surface area contributed by atoms with Gasteiger partial charge in [0.25, 0.3) is 0 Å². The molecule has 0 amide bonds. The molecular formula is C15H14O3. The first-order valence-corrected chi connectivity index (χ1v) is 5.80. The van der Waals surface area contributed by atoms with E-state index in [-0.39, 0.29) is 12.2 Å². The van der Waals surface area contributed by atoms with Gasteiger partial charge in [0.05, 0.1) is 0 Å². The molecule has 0 spiro atoms. The molecule has 0 aliphatic carbocycles. The summed E-state index contributed by atoms with van der Waals surface area (Å²) in [7, 11) is 0. The predicted molar refractivity (Wildman–Crippen MR) is 69.7 cm³/mol. The van der Waals surface area contributed by atoms with E-state index in [2.05, 4.69) is 0 Å². The van der Waals surface area contributed by atoms with Gasteiger partial charge in [-0.05, 0) is 18.4 Å². The summed E-state index contributed by atoms with van der Waals surface area (Å²) in [6, 6.07) is 13.4. The normalized spacial score (nSPS) is 12.1. The zero-order valence-electron chi connectivity index (χ0n) is 10.1. The molecule has 0 fully saturated rings. The molecule has 0 aliphatic heterocycles. The van der Waals surface area contributed by atoms with Gasteiger partial charge >= 0.3 is 0 Å². The van der Waals surface area contributed by atoms with Crippen LogP contribution in [0.25, 0.3) is 10.8 Å². The number of carbonyl (C=O) groups is 2. The first-order chi connectivity index (χ1) is 8.70. The molecule has 2 rings (SSSR count). The lowest BCUT2D eigenvalue weighted by Crippen LogP contribution is -2.21. The molecule has 0 N–H and O–H groups in total. The number of hydrogen-bond acceptors (Lipinski definition) is 3.